The molecule has 0 fully saturated rings. The first-order chi connectivity index (χ1) is 7.90. The number of halogens is 3. The van der Waals surface area contributed by atoms with E-state index in [0.29, 0.717) is 11.3 Å². The van der Waals surface area contributed by atoms with Crippen molar-refractivity contribution in [3.8, 4) is 5.75 Å². The second-order valence-electron chi connectivity index (χ2n) is 3.20. The maximum absolute atomic E-state index is 11.8. The first kappa shape index (κ1) is 13.9. The highest BCUT2D eigenvalue weighted by atomic mass is 32.2. The molecule has 1 rings (SSSR count). The molecule has 0 aliphatic carbocycles. The lowest BCUT2D eigenvalue weighted by molar-refractivity contribution is -0.0329. The van der Waals surface area contributed by atoms with Crippen LogP contribution in [0.4, 0.5) is 13.2 Å². The number of alkyl halides is 3. The number of hydrogen-bond donors (Lipinski definition) is 0. The minimum absolute atomic E-state index is 0.0888. The van der Waals surface area contributed by atoms with Gasteiger partial charge in [-0.2, -0.15) is 13.2 Å². The number of carbonyl (C=O) groups excluding carboxylic acids is 1. The van der Waals surface area contributed by atoms with E-state index in [-0.39, 0.29) is 29.9 Å². The van der Waals surface area contributed by atoms with Crippen molar-refractivity contribution in [3.05, 3.63) is 29.8 Å². The van der Waals surface area contributed by atoms with Crippen LogP contribution in [-0.2, 0) is 0 Å². The van der Waals surface area contributed by atoms with E-state index in [4.69, 9.17) is 4.74 Å². The fraction of sp³-hybridized carbons (Fsp3) is 0.364. The predicted octanol–water partition coefficient (Wildman–Crippen LogP) is 3.52. The third-order valence-corrected chi connectivity index (χ3v) is 2.57. The molecule has 0 N–H and O–H groups in total. The molecule has 0 aromatic heterocycles. The van der Waals surface area contributed by atoms with Gasteiger partial charge < -0.3 is 4.74 Å². The minimum Gasteiger partial charge on any atom is -0.492 e. The van der Waals surface area contributed by atoms with Gasteiger partial charge in [-0.25, -0.2) is 0 Å². The maximum Gasteiger partial charge on any atom is 0.441 e. The van der Waals surface area contributed by atoms with Gasteiger partial charge in [0.05, 0.1) is 12.2 Å². The summed E-state index contributed by atoms with van der Waals surface area (Å²) in [4.78, 5) is 11.2. The Labute approximate surface area is 101 Å². The molecular weight excluding hydrogens is 253 g/mol. The normalized spacial score (nSPS) is 11.3. The molecule has 0 saturated carbocycles. The van der Waals surface area contributed by atoms with Gasteiger partial charge in [-0.1, -0.05) is 12.1 Å². The third kappa shape index (κ3) is 5.12. The van der Waals surface area contributed by atoms with Gasteiger partial charge in [-0.3, -0.25) is 4.79 Å². The zero-order valence-corrected chi connectivity index (χ0v) is 9.90. The highest BCUT2D eigenvalue weighted by molar-refractivity contribution is 8.00. The quantitative estimate of drug-likeness (QED) is 0.601. The molecule has 2 nitrogen and oxygen atoms in total. The summed E-state index contributed by atoms with van der Waals surface area (Å²) in [5.41, 5.74) is -3.87. The fourth-order valence-electron chi connectivity index (χ4n) is 1.19. The molecule has 0 aliphatic rings. The molecule has 17 heavy (non-hydrogen) atoms. The minimum atomic E-state index is -4.25. The lowest BCUT2D eigenvalue weighted by Crippen LogP contribution is -2.09. The van der Waals surface area contributed by atoms with Crippen LogP contribution in [0.1, 0.15) is 17.3 Å². The summed E-state index contributed by atoms with van der Waals surface area (Å²) in [7, 11) is 0. The van der Waals surface area contributed by atoms with Crippen LogP contribution < -0.4 is 4.74 Å². The Kier molecular flexibility index (Phi) is 4.86. The summed E-state index contributed by atoms with van der Waals surface area (Å²) in [6.07, 6.45) is 0. The smallest absolute Gasteiger partial charge is 0.441 e. The molecule has 0 bridgehead atoms. The van der Waals surface area contributed by atoms with E-state index in [1.807, 2.05) is 0 Å². The molecule has 0 saturated heterocycles. The van der Waals surface area contributed by atoms with E-state index in [1.54, 1.807) is 24.3 Å². The number of hydrogen-bond acceptors (Lipinski definition) is 3. The Balaban J connectivity index is 2.49. The van der Waals surface area contributed by atoms with Gasteiger partial charge in [0, 0.05) is 5.75 Å². The molecule has 0 amide bonds. The maximum atomic E-state index is 11.8. The third-order valence-electron chi connectivity index (χ3n) is 1.87. The van der Waals surface area contributed by atoms with Crippen molar-refractivity contribution >= 4 is 17.5 Å². The van der Waals surface area contributed by atoms with Crippen LogP contribution in [0.2, 0.25) is 0 Å². The monoisotopic (exact) mass is 264 g/mol. The van der Waals surface area contributed by atoms with Crippen molar-refractivity contribution < 1.29 is 22.7 Å². The van der Waals surface area contributed by atoms with E-state index in [9.17, 15) is 18.0 Å². The van der Waals surface area contributed by atoms with E-state index in [1.165, 1.54) is 6.92 Å². The average Bonchev–Trinajstić information content (AvgIpc) is 2.23. The number of Topliss-reactive ketones (excluding diaryl/α,β-unsaturated/α-hetero) is 1. The summed E-state index contributed by atoms with van der Waals surface area (Å²) in [5, 5.41) is 0. The lowest BCUT2D eigenvalue weighted by atomic mass is 10.1. The molecule has 6 heteroatoms. The number of ketones is 1. The summed E-state index contributed by atoms with van der Waals surface area (Å²) >= 11 is -0.143. The van der Waals surface area contributed by atoms with Crippen molar-refractivity contribution in [2.75, 3.05) is 12.4 Å². The van der Waals surface area contributed by atoms with Crippen LogP contribution in [0.3, 0.4) is 0 Å². The second-order valence-corrected chi connectivity index (χ2v) is 4.35. The molecule has 0 radical (unpaired) electrons. The van der Waals surface area contributed by atoms with Gasteiger partial charge in [-0.15, -0.1) is 0 Å². The summed E-state index contributed by atoms with van der Waals surface area (Å²) in [5.74, 6) is -0.0534. The summed E-state index contributed by atoms with van der Waals surface area (Å²) in [6.45, 7) is 1.29. The zero-order chi connectivity index (χ0) is 12.9. The number of para-hydroxylation sites is 1. The topological polar surface area (TPSA) is 26.3 Å². The molecule has 0 spiro atoms. The first-order valence-electron chi connectivity index (χ1n) is 4.83. The van der Waals surface area contributed by atoms with Crippen LogP contribution in [-0.4, -0.2) is 23.7 Å². The molecule has 94 valence electrons. The van der Waals surface area contributed by atoms with Gasteiger partial charge in [-0.05, 0) is 30.8 Å². The van der Waals surface area contributed by atoms with Gasteiger partial charge in [0.15, 0.2) is 5.78 Å². The van der Waals surface area contributed by atoms with Crippen molar-refractivity contribution in [3.63, 3.8) is 0 Å². The molecule has 0 unspecified atom stereocenters. The number of benzene rings is 1. The fourth-order valence-corrected chi connectivity index (χ4v) is 1.59. The number of ether oxygens (including phenoxy) is 1. The summed E-state index contributed by atoms with van der Waals surface area (Å²) < 4.78 is 40.7. The molecule has 0 aliphatic heterocycles. The average molecular weight is 264 g/mol. The predicted molar refractivity (Wildman–Crippen MR) is 60.5 cm³/mol. The van der Waals surface area contributed by atoms with Crippen molar-refractivity contribution in [2.24, 2.45) is 0 Å². The van der Waals surface area contributed by atoms with Crippen LogP contribution in [0.25, 0.3) is 0 Å². The van der Waals surface area contributed by atoms with E-state index < -0.39 is 5.51 Å². The van der Waals surface area contributed by atoms with Crippen LogP contribution >= 0.6 is 11.8 Å². The van der Waals surface area contributed by atoms with Crippen LogP contribution in [0.5, 0.6) is 5.75 Å². The van der Waals surface area contributed by atoms with Gasteiger partial charge >= 0.3 is 5.51 Å². The first-order valence-corrected chi connectivity index (χ1v) is 5.82. The van der Waals surface area contributed by atoms with E-state index in [0.717, 1.165) is 0 Å². The number of thioether (sulfide) groups is 1. The highest BCUT2D eigenvalue weighted by Gasteiger charge is 2.27. The Hall–Kier alpha value is -1.17. The molecule has 0 heterocycles. The van der Waals surface area contributed by atoms with Gasteiger partial charge in [0.25, 0.3) is 0 Å². The Morgan fingerprint density at radius 3 is 2.59 bits per heavy atom. The molecule has 0 atom stereocenters. The second kappa shape index (κ2) is 5.95. The SMILES string of the molecule is CC(=O)c1ccccc1OCCSC(F)(F)F. The van der Waals surface area contributed by atoms with Crippen LogP contribution in [0.15, 0.2) is 24.3 Å². The van der Waals surface area contributed by atoms with Crippen LogP contribution in [0, 0.1) is 0 Å². The highest BCUT2D eigenvalue weighted by Crippen LogP contribution is 2.30. The molecular formula is C11H11F3O2S. The molecule has 1 aromatic rings. The van der Waals surface area contributed by atoms with Gasteiger partial charge in [0.2, 0.25) is 0 Å². The Morgan fingerprint density at radius 1 is 1.35 bits per heavy atom. The zero-order valence-electron chi connectivity index (χ0n) is 9.08. The largest absolute Gasteiger partial charge is 0.492 e. The van der Waals surface area contributed by atoms with Gasteiger partial charge in [0.1, 0.15) is 5.75 Å². The van der Waals surface area contributed by atoms with Crippen molar-refractivity contribution in [1.29, 1.82) is 0 Å². The number of rotatable bonds is 5. The van der Waals surface area contributed by atoms with Crippen molar-refractivity contribution in [2.45, 2.75) is 12.4 Å². The number of carbonyl (C=O) groups is 1. The Morgan fingerprint density at radius 2 is 2.00 bits per heavy atom. The van der Waals surface area contributed by atoms with Crippen molar-refractivity contribution in [1.82, 2.24) is 0 Å². The van der Waals surface area contributed by atoms with E-state index in [2.05, 4.69) is 0 Å². The summed E-state index contributed by atoms with van der Waals surface area (Å²) in [6, 6.07) is 6.48. The Bertz CT molecular complexity index is 391. The standard InChI is InChI=1S/C11H11F3O2S/c1-8(15)9-4-2-3-5-10(9)16-6-7-17-11(12,13)14/h2-5H,6-7H2,1H3. The molecule has 1 aromatic carbocycles. The lowest BCUT2D eigenvalue weighted by Gasteiger charge is -2.10. The van der Waals surface area contributed by atoms with E-state index >= 15 is 0 Å².